The first-order valence-corrected chi connectivity index (χ1v) is 4.47. The summed E-state index contributed by atoms with van der Waals surface area (Å²) in [4.78, 5) is 18.5. The molecule has 4 nitrogen and oxygen atoms in total. The van der Waals surface area contributed by atoms with Crippen molar-refractivity contribution in [3.8, 4) is 11.3 Å². The second-order valence-electron chi connectivity index (χ2n) is 3.12. The van der Waals surface area contributed by atoms with Crippen LogP contribution in [0.3, 0.4) is 0 Å². The molecular weight excluding hydrogens is 211 g/mol. The van der Waals surface area contributed by atoms with Crippen LogP contribution in [-0.4, -0.2) is 21.0 Å². The molecule has 1 N–H and O–H groups in total. The lowest BCUT2D eigenvalue weighted by Gasteiger charge is -2.02. The van der Waals surface area contributed by atoms with Crippen LogP contribution < -0.4 is 0 Å². The molecule has 80 valence electrons. The van der Waals surface area contributed by atoms with Gasteiger partial charge in [-0.25, -0.2) is 9.18 Å². The van der Waals surface area contributed by atoms with Crippen molar-refractivity contribution in [2.45, 2.75) is 0 Å². The van der Waals surface area contributed by atoms with E-state index in [1.54, 1.807) is 0 Å². The van der Waals surface area contributed by atoms with Crippen LogP contribution in [-0.2, 0) is 0 Å². The largest absolute Gasteiger partial charge is 0.478 e. The van der Waals surface area contributed by atoms with Crippen LogP contribution in [0.2, 0.25) is 0 Å². The van der Waals surface area contributed by atoms with Crippen molar-refractivity contribution in [2.24, 2.45) is 0 Å². The maximum absolute atomic E-state index is 13.2. The Morgan fingerprint density at radius 3 is 2.69 bits per heavy atom. The van der Waals surface area contributed by atoms with Crippen molar-refractivity contribution >= 4 is 5.97 Å². The molecule has 0 atom stereocenters. The molecule has 0 bridgehead atoms. The summed E-state index contributed by atoms with van der Waals surface area (Å²) in [5.41, 5.74) is 0.718. The van der Waals surface area contributed by atoms with E-state index in [0.717, 1.165) is 6.07 Å². The lowest BCUT2D eigenvalue weighted by atomic mass is 10.1. The third-order valence-electron chi connectivity index (χ3n) is 2.00. The average Bonchev–Trinajstić information content (AvgIpc) is 2.29. The van der Waals surface area contributed by atoms with Crippen molar-refractivity contribution in [2.75, 3.05) is 0 Å². The van der Waals surface area contributed by atoms with Gasteiger partial charge < -0.3 is 5.11 Å². The van der Waals surface area contributed by atoms with Gasteiger partial charge in [0.15, 0.2) is 0 Å². The number of hydrogen-bond donors (Lipinski definition) is 1. The second-order valence-corrected chi connectivity index (χ2v) is 3.12. The van der Waals surface area contributed by atoms with Crippen molar-refractivity contribution in [3.63, 3.8) is 0 Å². The normalized spacial score (nSPS) is 10.1. The summed E-state index contributed by atoms with van der Waals surface area (Å²) >= 11 is 0. The SMILES string of the molecule is O=C(O)c1cc(F)cc(-c2cnccn2)c1. The standard InChI is InChI=1S/C11H7FN2O2/c12-9-4-7(3-8(5-9)11(15)16)10-6-13-1-2-14-10/h1-6H,(H,15,16). The van der Waals surface area contributed by atoms with E-state index in [1.165, 1.54) is 30.7 Å². The van der Waals surface area contributed by atoms with Crippen LogP contribution in [0.1, 0.15) is 10.4 Å². The number of nitrogens with zero attached hydrogens (tertiary/aromatic N) is 2. The van der Waals surface area contributed by atoms with Crippen LogP contribution in [0.15, 0.2) is 36.8 Å². The molecule has 1 aromatic heterocycles. The Morgan fingerprint density at radius 2 is 2.06 bits per heavy atom. The van der Waals surface area contributed by atoms with Gasteiger partial charge in [-0.05, 0) is 18.2 Å². The van der Waals surface area contributed by atoms with Crippen LogP contribution in [0.5, 0.6) is 0 Å². The highest BCUT2D eigenvalue weighted by Crippen LogP contribution is 2.19. The molecule has 0 aliphatic heterocycles. The molecule has 0 aliphatic carbocycles. The van der Waals surface area contributed by atoms with Gasteiger partial charge >= 0.3 is 5.97 Å². The molecule has 0 amide bonds. The Balaban J connectivity index is 2.54. The van der Waals surface area contributed by atoms with E-state index < -0.39 is 11.8 Å². The molecule has 0 saturated carbocycles. The van der Waals surface area contributed by atoms with Crippen LogP contribution >= 0.6 is 0 Å². The summed E-state index contributed by atoms with van der Waals surface area (Å²) < 4.78 is 13.2. The summed E-state index contributed by atoms with van der Waals surface area (Å²) in [6.45, 7) is 0. The molecule has 0 spiro atoms. The fourth-order valence-electron chi connectivity index (χ4n) is 1.31. The zero-order valence-corrected chi connectivity index (χ0v) is 8.09. The smallest absolute Gasteiger partial charge is 0.335 e. The summed E-state index contributed by atoms with van der Waals surface area (Å²) in [5.74, 6) is -1.79. The summed E-state index contributed by atoms with van der Waals surface area (Å²) in [7, 11) is 0. The van der Waals surface area contributed by atoms with Crippen molar-refractivity contribution in [3.05, 3.63) is 48.2 Å². The molecule has 0 unspecified atom stereocenters. The molecule has 0 saturated heterocycles. The zero-order chi connectivity index (χ0) is 11.5. The molecule has 0 aliphatic rings. The van der Waals surface area contributed by atoms with Gasteiger partial charge in [0.1, 0.15) is 5.82 Å². The molecule has 2 rings (SSSR count). The number of carbonyl (C=O) groups is 1. The quantitative estimate of drug-likeness (QED) is 0.837. The average molecular weight is 218 g/mol. The van der Waals surface area contributed by atoms with E-state index in [-0.39, 0.29) is 5.56 Å². The van der Waals surface area contributed by atoms with Crippen molar-refractivity contribution in [1.29, 1.82) is 0 Å². The zero-order valence-electron chi connectivity index (χ0n) is 8.09. The minimum Gasteiger partial charge on any atom is -0.478 e. The maximum atomic E-state index is 13.2. The summed E-state index contributed by atoms with van der Waals surface area (Å²) in [6.07, 6.45) is 4.39. The van der Waals surface area contributed by atoms with Crippen LogP contribution in [0.25, 0.3) is 11.3 Å². The first-order chi connectivity index (χ1) is 7.66. The molecule has 1 heterocycles. The van der Waals surface area contributed by atoms with Gasteiger partial charge in [0.2, 0.25) is 0 Å². The van der Waals surface area contributed by atoms with Gasteiger partial charge in [0.05, 0.1) is 17.5 Å². The van der Waals surface area contributed by atoms with E-state index in [2.05, 4.69) is 9.97 Å². The fraction of sp³-hybridized carbons (Fsp3) is 0. The highest BCUT2D eigenvalue weighted by molar-refractivity contribution is 5.89. The van der Waals surface area contributed by atoms with E-state index in [9.17, 15) is 9.18 Å². The van der Waals surface area contributed by atoms with E-state index >= 15 is 0 Å². The number of halogens is 1. The van der Waals surface area contributed by atoms with Gasteiger partial charge in [-0.15, -0.1) is 0 Å². The highest BCUT2D eigenvalue weighted by atomic mass is 19.1. The van der Waals surface area contributed by atoms with Crippen molar-refractivity contribution in [1.82, 2.24) is 9.97 Å². The van der Waals surface area contributed by atoms with Gasteiger partial charge in [0, 0.05) is 18.0 Å². The second kappa shape index (κ2) is 4.06. The fourth-order valence-corrected chi connectivity index (χ4v) is 1.31. The molecule has 16 heavy (non-hydrogen) atoms. The molecule has 1 aromatic carbocycles. The minimum absolute atomic E-state index is 0.111. The molecular formula is C11H7FN2O2. The Bertz CT molecular complexity index is 529. The molecule has 2 aromatic rings. The van der Waals surface area contributed by atoms with Crippen LogP contribution in [0.4, 0.5) is 4.39 Å². The Labute approximate surface area is 90.4 Å². The van der Waals surface area contributed by atoms with Gasteiger partial charge in [-0.2, -0.15) is 0 Å². The van der Waals surface area contributed by atoms with Crippen LogP contribution in [0, 0.1) is 5.82 Å². The third-order valence-corrected chi connectivity index (χ3v) is 2.00. The summed E-state index contributed by atoms with van der Waals surface area (Å²) in [6, 6.07) is 3.54. The van der Waals surface area contributed by atoms with E-state index in [0.29, 0.717) is 11.3 Å². The summed E-state index contributed by atoms with van der Waals surface area (Å²) in [5, 5.41) is 8.78. The lowest BCUT2D eigenvalue weighted by molar-refractivity contribution is 0.0696. The number of benzene rings is 1. The Hall–Kier alpha value is -2.30. The number of rotatable bonds is 2. The molecule has 0 radical (unpaired) electrons. The number of carboxylic acid groups (broad SMARTS) is 1. The third kappa shape index (κ3) is 2.03. The van der Waals surface area contributed by atoms with Gasteiger partial charge in [-0.3, -0.25) is 9.97 Å². The topological polar surface area (TPSA) is 63.1 Å². The number of aromatic carboxylic acids is 1. The monoisotopic (exact) mass is 218 g/mol. The first-order valence-electron chi connectivity index (χ1n) is 4.47. The molecule has 0 fully saturated rings. The minimum atomic E-state index is -1.18. The lowest BCUT2D eigenvalue weighted by Crippen LogP contribution is -1.98. The highest BCUT2D eigenvalue weighted by Gasteiger charge is 2.08. The van der Waals surface area contributed by atoms with E-state index in [1.807, 2.05) is 0 Å². The Morgan fingerprint density at radius 1 is 1.25 bits per heavy atom. The predicted octanol–water partition coefficient (Wildman–Crippen LogP) is 1.98. The van der Waals surface area contributed by atoms with E-state index in [4.69, 9.17) is 5.11 Å². The number of hydrogen-bond acceptors (Lipinski definition) is 3. The van der Waals surface area contributed by atoms with Gasteiger partial charge in [0.25, 0.3) is 0 Å². The van der Waals surface area contributed by atoms with Gasteiger partial charge in [-0.1, -0.05) is 0 Å². The predicted molar refractivity (Wildman–Crippen MR) is 54.4 cm³/mol. The molecule has 5 heteroatoms. The maximum Gasteiger partial charge on any atom is 0.335 e. The number of carboxylic acids is 1. The van der Waals surface area contributed by atoms with Crippen molar-refractivity contribution < 1.29 is 14.3 Å². The Kier molecular flexibility index (Phi) is 2.59. The number of aromatic nitrogens is 2. The first kappa shape index (κ1) is 10.2.